The van der Waals surface area contributed by atoms with Crippen LogP contribution in [0.5, 0.6) is 0 Å². The Kier molecular flexibility index (Phi) is 9.17. The molecule has 12 nitrogen and oxygen atoms in total. The normalized spacial score (nSPS) is 9.64. The standard InChI is InChI=1S/C20H18N8O3.CH5N/c1-22-19(29)16-12-26-20(27-18(16)14-4-2-13(10-21)3-5-14)24-9-8-23-17-7-6-15(11-25-17)28(30)31;1-2/h2-7,11-12H,8-9H2,1H3,(H,22,29)(H,23,25)(H,24,26,27);2H2,1H3. The minimum atomic E-state index is -0.510. The van der Waals surface area contributed by atoms with E-state index >= 15 is 0 Å². The lowest BCUT2D eigenvalue weighted by molar-refractivity contribution is -0.385. The van der Waals surface area contributed by atoms with E-state index < -0.39 is 4.92 Å². The van der Waals surface area contributed by atoms with Crippen LogP contribution >= 0.6 is 0 Å². The Bertz CT molecular complexity index is 1130. The first-order chi connectivity index (χ1) is 16.0. The van der Waals surface area contributed by atoms with Crippen molar-refractivity contribution in [1.82, 2.24) is 20.3 Å². The third-order valence-electron chi connectivity index (χ3n) is 4.22. The molecule has 0 bridgehead atoms. The summed E-state index contributed by atoms with van der Waals surface area (Å²) in [5, 5.41) is 28.3. The lowest BCUT2D eigenvalue weighted by Gasteiger charge is -2.11. The average Bonchev–Trinajstić information content (AvgIpc) is 2.87. The number of nitrogens with one attached hydrogen (secondary N) is 3. The molecule has 0 spiro atoms. The zero-order chi connectivity index (χ0) is 24.2. The maximum Gasteiger partial charge on any atom is 0.287 e. The Morgan fingerprint density at radius 1 is 1.09 bits per heavy atom. The summed E-state index contributed by atoms with van der Waals surface area (Å²) in [4.78, 5) is 35.0. The molecule has 5 N–H and O–H groups in total. The van der Waals surface area contributed by atoms with Gasteiger partial charge in [0.15, 0.2) is 0 Å². The summed E-state index contributed by atoms with van der Waals surface area (Å²) in [5.74, 6) is 0.504. The fraction of sp³-hybridized carbons (Fsp3) is 0.190. The van der Waals surface area contributed by atoms with Gasteiger partial charge in [0.1, 0.15) is 12.0 Å². The Morgan fingerprint density at radius 2 is 1.79 bits per heavy atom. The molecule has 33 heavy (non-hydrogen) atoms. The van der Waals surface area contributed by atoms with Crippen LogP contribution in [0.4, 0.5) is 17.5 Å². The lowest BCUT2D eigenvalue weighted by atomic mass is 10.1. The molecule has 3 aromatic rings. The first-order valence-corrected chi connectivity index (χ1v) is 9.77. The summed E-state index contributed by atoms with van der Waals surface area (Å²) < 4.78 is 0. The second kappa shape index (κ2) is 12.3. The summed E-state index contributed by atoms with van der Waals surface area (Å²) in [6, 6.07) is 11.7. The molecule has 0 saturated heterocycles. The monoisotopic (exact) mass is 449 g/mol. The SMILES string of the molecule is CN.CNC(=O)c1cnc(NCCNc2ccc([N+](=O)[O-])cn2)nc1-c1ccc(C#N)cc1. The molecular weight excluding hydrogens is 426 g/mol. The van der Waals surface area contributed by atoms with Gasteiger partial charge >= 0.3 is 0 Å². The molecule has 0 saturated carbocycles. The highest BCUT2D eigenvalue weighted by atomic mass is 16.6. The van der Waals surface area contributed by atoms with E-state index in [4.69, 9.17) is 5.26 Å². The molecule has 0 aliphatic heterocycles. The van der Waals surface area contributed by atoms with Gasteiger partial charge in [0, 0.05) is 38.0 Å². The average molecular weight is 449 g/mol. The molecule has 0 unspecified atom stereocenters. The molecule has 0 aliphatic rings. The van der Waals surface area contributed by atoms with Crippen LogP contribution in [-0.2, 0) is 0 Å². The van der Waals surface area contributed by atoms with Crippen LogP contribution < -0.4 is 21.7 Å². The van der Waals surface area contributed by atoms with Crippen molar-refractivity contribution >= 4 is 23.4 Å². The molecule has 2 aromatic heterocycles. The minimum absolute atomic E-state index is 0.0800. The van der Waals surface area contributed by atoms with Gasteiger partial charge < -0.3 is 21.7 Å². The van der Waals surface area contributed by atoms with Gasteiger partial charge in [-0.2, -0.15) is 5.26 Å². The van der Waals surface area contributed by atoms with Crippen LogP contribution in [0.2, 0.25) is 0 Å². The third kappa shape index (κ3) is 6.68. The second-order valence-corrected chi connectivity index (χ2v) is 6.24. The maximum atomic E-state index is 12.2. The van der Waals surface area contributed by atoms with Gasteiger partial charge in [-0.1, -0.05) is 12.1 Å². The Hall–Kier alpha value is -4.63. The van der Waals surface area contributed by atoms with E-state index in [-0.39, 0.29) is 11.6 Å². The predicted molar refractivity (Wildman–Crippen MR) is 124 cm³/mol. The van der Waals surface area contributed by atoms with E-state index in [1.54, 1.807) is 24.3 Å². The summed E-state index contributed by atoms with van der Waals surface area (Å²) in [7, 11) is 3.02. The number of hydrogen-bond acceptors (Lipinski definition) is 10. The molecule has 0 atom stereocenters. The Balaban J connectivity index is 0.00000187. The number of benzene rings is 1. The largest absolute Gasteiger partial charge is 0.368 e. The number of carbonyl (C=O) groups excluding carboxylic acids is 1. The quantitative estimate of drug-likeness (QED) is 0.224. The Labute approximate surface area is 190 Å². The molecule has 0 aliphatic carbocycles. The molecule has 0 radical (unpaired) electrons. The second-order valence-electron chi connectivity index (χ2n) is 6.24. The van der Waals surface area contributed by atoms with Crippen molar-refractivity contribution in [3.8, 4) is 17.3 Å². The van der Waals surface area contributed by atoms with Crippen molar-refractivity contribution in [1.29, 1.82) is 5.26 Å². The van der Waals surface area contributed by atoms with E-state index in [1.165, 1.54) is 38.6 Å². The topological polar surface area (TPSA) is 185 Å². The van der Waals surface area contributed by atoms with Crippen molar-refractivity contribution in [2.75, 3.05) is 37.8 Å². The van der Waals surface area contributed by atoms with Crippen LogP contribution in [0.3, 0.4) is 0 Å². The van der Waals surface area contributed by atoms with Crippen molar-refractivity contribution in [2.45, 2.75) is 0 Å². The third-order valence-corrected chi connectivity index (χ3v) is 4.22. The number of rotatable bonds is 8. The molecule has 12 heteroatoms. The van der Waals surface area contributed by atoms with Crippen LogP contribution in [0.1, 0.15) is 15.9 Å². The zero-order valence-electron chi connectivity index (χ0n) is 18.1. The van der Waals surface area contributed by atoms with E-state index in [0.717, 1.165) is 0 Å². The van der Waals surface area contributed by atoms with E-state index in [0.29, 0.717) is 47.2 Å². The van der Waals surface area contributed by atoms with Crippen LogP contribution in [-0.4, -0.2) is 53.0 Å². The van der Waals surface area contributed by atoms with Gasteiger partial charge in [-0.05, 0) is 25.2 Å². The fourth-order valence-electron chi connectivity index (χ4n) is 2.65. The number of nitrogens with zero attached hydrogens (tertiary/aromatic N) is 5. The van der Waals surface area contributed by atoms with Crippen LogP contribution in [0.15, 0.2) is 48.8 Å². The van der Waals surface area contributed by atoms with Crippen LogP contribution in [0, 0.1) is 21.4 Å². The van der Waals surface area contributed by atoms with Gasteiger partial charge in [0.2, 0.25) is 5.95 Å². The summed E-state index contributed by atoms with van der Waals surface area (Å²) in [6.45, 7) is 0.891. The molecule has 3 rings (SSSR count). The number of carbonyl (C=O) groups is 1. The number of nitrogens with two attached hydrogens (primary N) is 1. The van der Waals surface area contributed by atoms with E-state index in [1.807, 2.05) is 0 Å². The van der Waals surface area contributed by atoms with Gasteiger partial charge in [-0.15, -0.1) is 0 Å². The number of nitriles is 1. The Morgan fingerprint density at radius 3 is 2.36 bits per heavy atom. The molecule has 170 valence electrons. The van der Waals surface area contributed by atoms with Crippen molar-refractivity contribution in [2.24, 2.45) is 5.73 Å². The molecular formula is C21H23N9O3. The number of hydrogen-bond donors (Lipinski definition) is 4. The van der Waals surface area contributed by atoms with Crippen molar-refractivity contribution < 1.29 is 9.72 Å². The lowest BCUT2D eigenvalue weighted by Crippen LogP contribution is -2.21. The summed E-state index contributed by atoms with van der Waals surface area (Å²) in [6.07, 6.45) is 2.62. The van der Waals surface area contributed by atoms with Crippen LogP contribution in [0.25, 0.3) is 11.3 Å². The minimum Gasteiger partial charge on any atom is -0.368 e. The number of anilines is 2. The first kappa shape index (κ1) is 24.6. The molecule has 0 fully saturated rings. The van der Waals surface area contributed by atoms with E-state index in [9.17, 15) is 14.9 Å². The maximum absolute atomic E-state index is 12.2. The zero-order valence-corrected chi connectivity index (χ0v) is 18.1. The number of pyridine rings is 1. The summed E-state index contributed by atoms with van der Waals surface area (Å²) >= 11 is 0. The van der Waals surface area contributed by atoms with Gasteiger partial charge in [-0.25, -0.2) is 15.0 Å². The highest BCUT2D eigenvalue weighted by Crippen LogP contribution is 2.23. The molecule has 1 amide bonds. The molecule has 2 heterocycles. The fourth-order valence-corrected chi connectivity index (χ4v) is 2.65. The van der Waals surface area contributed by atoms with Crippen molar-refractivity contribution in [3.63, 3.8) is 0 Å². The smallest absolute Gasteiger partial charge is 0.287 e. The van der Waals surface area contributed by atoms with Crippen molar-refractivity contribution in [3.05, 3.63) is 70.0 Å². The van der Waals surface area contributed by atoms with Gasteiger partial charge in [0.05, 0.1) is 27.8 Å². The number of nitro groups is 1. The highest BCUT2D eigenvalue weighted by Gasteiger charge is 2.15. The van der Waals surface area contributed by atoms with Gasteiger partial charge in [-0.3, -0.25) is 14.9 Å². The first-order valence-electron chi connectivity index (χ1n) is 9.77. The van der Waals surface area contributed by atoms with Gasteiger partial charge in [0.25, 0.3) is 11.6 Å². The van der Waals surface area contributed by atoms with E-state index in [2.05, 4.69) is 42.7 Å². The highest BCUT2D eigenvalue weighted by molar-refractivity contribution is 5.99. The number of amides is 1. The molecule has 1 aromatic carbocycles. The summed E-state index contributed by atoms with van der Waals surface area (Å²) in [5.41, 5.74) is 6.35. The predicted octanol–water partition coefficient (Wildman–Crippen LogP) is 1.78. The number of aromatic nitrogens is 3.